The predicted molar refractivity (Wildman–Crippen MR) is 91.8 cm³/mol. The second-order valence-corrected chi connectivity index (χ2v) is 6.51. The molecular weight excluding hydrogens is 322 g/mol. The summed E-state index contributed by atoms with van der Waals surface area (Å²) in [6, 6.07) is 3.45. The van der Waals surface area contributed by atoms with Gasteiger partial charge in [-0.3, -0.25) is 14.7 Å². The van der Waals surface area contributed by atoms with Crippen molar-refractivity contribution in [1.29, 1.82) is 0 Å². The normalized spacial score (nSPS) is 24.1. The van der Waals surface area contributed by atoms with Gasteiger partial charge in [-0.2, -0.15) is 0 Å². The summed E-state index contributed by atoms with van der Waals surface area (Å²) in [4.78, 5) is 32.5. The molecule has 2 atom stereocenters. The number of hydrogen-bond donors (Lipinski definition) is 2. The van der Waals surface area contributed by atoms with E-state index < -0.39 is 0 Å². The summed E-state index contributed by atoms with van der Waals surface area (Å²) in [6.07, 6.45) is 4.04. The molecule has 2 aliphatic heterocycles. The van der Waals surface area contributed by atoms with Crippen LogP contribution in [-0.2, 0) is 16.1 Å². The lowest BCUT2D eigenvalue weighted by molar-refractivity contribution is -0.125. The van der Waals surface area contributed by atoms with Gasteiger partial charge >= 0.3 is 6.03 Å². The smallest absolute Gasteiger partial charge is 0.317 e. The van der Waals surface area contributed by atoms with Crippen LogP contribution < -0.4 is 10.6 Å². The molecule has 0 spiro atoms. The molecule has 2 fully saturated rings. The maximum atomic E-state index is 12.5. The summed E-state index contributed by atoms with van der Waals surface area (Å²) in [5.74, 6) is -0.0116. The van der Waals surface area contributed by atoms with Crippen LogP contribution in [0.25, 0.3) is 0 Å². The van der Waals surface area contributed by atoms with E-state index in [0.717, 1.165) is 5.56 Å². The highest BCUT2D eigenvalue weighted by Crippen LogP contribution is 2.16. The van der Waals surface area contributed by atoms with Gasteiger partial charge in [0, 0.05) is 44.6 Å². The van der Waals surface area contributed by atoms with E-state index in [1.54, 1.807) is 17.3 Å². The number of carbonyl (C=O) groups is 2. The molecule has 0 radical (unpaired) electrons. The van der Waals surface area contributed by atoms with Crippen molar-refractivity contribution < 1.29 is 14.3 Å². The second-order valence-electron chi connectivity index (χ2n) is 6.51. The number of morpholine rings is 1. The van der Waals surface area contributed by atoms with Gasteiger partial charge in [-0.05, 0) is 31.2 Å². The average molecular weight is 347 g/mol. The molecule has 0 saturated carbocycles. The number of urea groups is 1. The Hall–Kier alpha value is -2.19. The van der Waals surface area contributed by atoms with E-state index in [-0.39, 0.29) is 24.0 Å². The third-order valence-corrected chi connectivity index (χ3v) is 4.69. The predicted octanol–water partition coefficient (Wildman–Crippen LogP) is -0.188. The quantitative estimate of drug-likeness (QED) is 0.789. The zero-order valence-corrected chi connectivity index (χ0v) is 14.5. The second kappa shape index (κ2) is 8.26. The van der Waals surface area contributed by atoms with Crippen LogP contribution in [0.1, 0.15) is 12.0 Å². The lowest BCUT2D eigenvalue weighted by Gasteiger charge is -2.28. The van der Waals surface area contributed by atoms with Gasteiger partial charge in [0.15, 0.2) is 0 Å². The molecular formula is C17H25N5O3. The van der Waals surface area contributed by atoms with Gasteiger partial charge in [-0.15, -0.1) is 0 Å². The minimum atomic E-state index is -0.225. The van der Waals surface area contributed by atoms with Crippen molar-refractivity contribution in [1.82, 2.24) is 25.4 Å². The molecule has 3 amide bonds. The molecule has 8 heteroatoms. The van der Waals surface area contributed by atoms with Crippen molar-refractivity contribution in [3.63, 3.8) is 0 Å². The Morgan fingerprint density at radius 2 is 2.00 bits per heavy atom. The SMILES string of the molecule is CN1C[C@@H](NC(=O)N2CCOCC2)C[C@H]1C(=O)NCc1ccncc1. The maximum absolute atomic E-state index is 12.5. The Bertz CT molecular complexity index is 591. The molecule has 3 heterocycles. The Balaban J connectivity index is 1.47. The Labute approximate surface area is 147 Å². The fourth-order valence-electron chi connectivity index (χ4n) is 3.25. The van der Waals surface area contributed by atoms with Crippen molar-refractivity contribution in [3.05, 3.63) is 30.1 Å². The lowest BCUT2D eigenvalue weighted by Crippen LogP contribution is -2.49. The minimum absolute atomic E-state index is 0.0116. The molecule has 2 N–H and O–H groups in total. The molecule has 8 nitrogen and oxygen atoms in total. The number of rotatable bonds is 4. The van der Waals surface area contributed by atoms with E-state index in [9.17, 15) is 9.59 Å². The molecule has 2 saturated heterocycles. The molecule has 0 unspecified atom stereocenters. The highest BCUT2D eigenvalue weighted by Gasteiger charge is 2.35. The third-order valence-electron chi connectivity index (χ3n) is 4.69. The van der Waals surface area contributed by atoms with E-state index in [1.807, 2.05) is 24.1 Å². The summed E-state index contributed by atoms with van der Waals surface area (Å²) < 4.78 is 5.26. The molecule has 25 heavy (non-hydrogen) atoms. The van der Waals surface area contributed by atoms with Crippen LogP contribution in [0.4, 0.5) is 4.79 Å². The van der Waals surface area contributed by atoms with Crippen LogP contribution in [0.2, 0.25) is 0 Å². The lowest BCUT2D eigenvalue weighted by atomic mass is 10.1. The van der Waals surface area contributed by atoms with Crippen molar-refractivity contribution in [3.8, 4) is 0 Å². The first-order chi connectivity index (χ1) is 12.1. The zero-order chi connectivity index (χ0) is 17.6. The van der Waals surface area contributed by atoms with E-state index >= 15 is 0 Å². The highest BCUT2D eigenvalue weighted by molar-refractivity contribution is 5.82. The van der Waals surface area contributed by atoms with Gasteiger partial charge in [0.1, 0.15) is 0 Å². The van der Waals surface area contributed by atoms with Gasteiger partial charge in [0.25, 0.3) is 0 Å². The van der Waals surface area contributed by atoms with Crippen LogP contribution in [0, 0.1) is 0 Å². The number of aromatic nitrogens is 1. The van der Waals surface area contributed by atoms with Crippen molar-refractivity contribution >= 4 is 11.9 Å². The van der Waals surface area contributed by atoms with E-state index in [1.165, 1.54) is 0 Å². The Morgan fingerprint density at radius 3 is 2.72 bits per heavy atom. The number of likely N-dealkylation sites (N-methyl/N-ethyl adjacent to an activating group) is 1. The van der Waals surface area contributed by atoms with E-state index in [0.29, 0.717) is 45.8 Å². The van der Waals surface area contributed by atoms with E-state index in [4.69, 9.17) is 4.74 Å². The van der Waals surface area contributed by atoms with Gasteiger partial charge in [0.2, 0.25) is 5.91 Å². The van der Waals surface area contributed by atoms with Crippen LogP contribution in [-0.4, -0.2) is 78.7 Å². The number of ether oxygens (including phenoxy) is 1. The number of hydrogen-bond acceptors (Lipinski definition) is 5. The molecule has 0 aromatic carbocycles. The number of carbonyl (C=O) groups excluding carboxylic acids is 2. The minimum Gasteiger partial charge on any atom is -0.378 e. The zero-order valence-electron chi connectivity index (χ0n) is 14.5. The maximum Gasteiger partial charge on any atom is 0.317 e. The van der Waals surface area contributed by atoms with Crippen LogP contribution in [0.3, 0.4) is 0 Å². The highest BCUT2D eigenvalue weighted by atomic mass is 16.5. The summed E-state index contributed by atoms with van der Waals surface area (Å²) in [6.45, 7) is 3.55. The first-order valence-electron chi connectivity index (χ1n) is 8.63. The van der Waals surface area contributed by atoms with Gasteiger partial charge < -0.3 is 20.3 Å². The summed E-state index contributed by atoms with van der Waals surface area (Å²) in [5.41, 5.74) is 1.01. The van der Waals surface area contributed by atoms with Crippen LogP contribution in [0.5, 0.6) is 0 Å². The number of likely N-dealkylation sites (tertiary alicyclic amines) is 1. The third kappa shape index (κ3) is 4.67. The Kier molecular flexibility index (Phi) is 5.83. The molecule has 1 aromatic heterocycles. The number of amides is 3. The van der Waals surface area contributed by atoms with Crippen molar-refractivity contribution in [2.75, 3.05) is 39.9 Å². The number of nitrogens with one attached hydrogen (secondary N) is 2. The van der Waals surface area contributed by atoms with Crippen molar-refractivity contribution in [2.24, 2.45) is 0 Å². The van der Waals surface area contributed by atoms with Gasteiger partial charge in [-0.25, -0.2) is 4.79 Å². The van der Waals surface area contributed by atoms with Gasteiger partial charge in [-0.1, -0.05) is 0 Å². The standard InChI is InChI=1S/C17H25N5O3/c1-21-12-14(20-17(24)22-6-8-25-9-7-22)10-15(21)16(23)19-11-13-2-4-18-5-3-13/h2-5,14-15H,6-12H2,1H3,(H,19,23)(H,20,24)/t14-,15-/m0/s1. The topological polar surface area (TPSA) is 86.8 Å². The molecule has 0 aliphatic carbocycles. The Morgan fingerprint density at radius 1 is 1.28 bits per heavy atom. The summed E-state index contributed by atoms with van der Waals surface area (Å²) >= 11 is 0. The van der Waals surface area contributed by atoms with Gasteiger partial charge in [0.05, 0.1) is 19.3 Å². The average Bonchev–Trinajstić information content (AvgIpc) is 3.01. The largest absolute Gasteiger partial charge is 0.378 e. The fourth-order valence-corrected chi connectivity index (χ4v) is 3.25. The molecule has 2 aliphatic rings. The molecule has 0 bridgehead atoms. The summed E-state index contributed by atoms with van der Waals surface area (Å²) in [7, 11) is 1.91. The molecule has 1 aromatic rings. The first-order valence-corrected chi connectivity index (χ1v) is 8.63. The van der Waals surface area contributed by atoms with Crippen LogP contribution >= 0.6 is 0 Å². The van der Waals surface area contributed by atoms with Crippen molar-refractivity contribution in [2.45, 2.75) is 25.0 Å². The fraction of sp³-hybridized carbons (Fsp3) is 0.588. The van der Waals surface area contributed by atoms with Crippen LogP contribution in [0.15, 0.2) is 24.5 Å². The number of nitrogens with zero attached hydrogens (tertiary/aromatic N) is 3. The number of pyridine rings is 1. The first kappa shape index (κ1) is 17.6. The molecule has 136 valence electrons. The molecule has 3 rings (SSSR count). The monoisotopic (exact) mass is 347 g/mol. The van der Waals surface area contributed by atoms with E-state index in [2.05, 4.69) is 15.6 Å². The summed E-state index contributed by atoms with van der Waals surface area (Å²) in [5, 5.41) is 6.00.